The molecule has 3 aromatic rings. The Morgan fingerprint density at radius 3 is 2.41 bits per heavy atom. The summed E-state index contributed by atoms with van der Waals surface area (Å²) in [5.41, 5.74) is 4.75. The molecule has 0 saturated heterocycles. The smallest absolute Gasteiger partial charge is 0.172 e. The van der Waals surface area contributed by atoms with Gasteiger partial charge in [-0.05, 0) is 66.0 Å². The first-order chi connectivity index (χ1) is 16.7. The van der Waals surface area contributed by atoms with Gasteiger partial charge in [-0.2, -0.15) is 0 Å². The molecule has 0 amide bonds. The van der Waals surface area contributed by atoms with Crippen molar-refractivity contribution in [3.05, 3.63) is 82.4 Å². The minimum Gasteiger partial charge on any atom is -0.486 e. The largest absolute Gasteiger partial charge is 0.486 e. The Kier molecular flexibility index (Phi) is 6.85. The summed E-state index contributed by atoms with van der Waals surface area (Å²) in [7, 11) is 0. The monoisotopic (exact) mass is 462 g/mol. The topological polar surface area (TPSA) is 18.5 Å². The van der Waals surface area contributed by atoms with E-state index in [-0.39, 0.29) is 23.9 Å². The predicted molar refractivity (Wildman–Crippen MR) is 131 cm³/mol. The highest BCUT2D eigenvalue weighted by Gasteiger charge is 2.26. The third kappa shape index (κ3) is 4.55. The van der Waals surface area contributed by atoms with Crippen molar-refractivity contribution in [2.75, 3.05) is 0 Å². The van der Waals surface area contributed by atoms with E-state index in [0.29, 0.717) is 41.2 Å². The normalized spacial score (nSPS) is 15.0. The number of aryl methyl sites for hydroxylation is 1. The number of hydrogen-bond acceptors (Lipinski definition) is 2. The van der Waals surface area contributed by atoms with E-state index in [0.717, 1.165) is 24.8 Å². The maximum atomic E-state index is 15.3. The van der Waals surface area contributed by atoms with Crippen LogP contribution in [-0.2, 0) is 19.6 Å². The molecule has 178 valence electrons. The average Bonchev–Trinajstić information content (AvgIpc) is 3.40. The number of ether oxygens (including phenoxy) is 2. The molecule has 1 heterocycles. The van der Waals surface area contributed by atoms with Crippen LogP contribution in [0.2, 0.25) is 0 Å². The number of fused-ring (bicyclic) bond motifs is 3. The summed E-state index contributed by atoms with van der Waals surface area (Å²) in [5.74, 6) is 0.353. The van der Waals surface area contributed by atoms with Crippen LogP contribution in [-0.4, -0.2) is 0 Å². The molecule has 1 fully saturated rings. The zero-order chi connectivity index (χ0) is 23.5. The number of unbranched alkanes of at least 4 members (excludes halogenated alkanes) is 2. The van der Waals surface area contributed by atoms with Crippen molar-refractivity contribution in [2.45, 2.75) is 77.4 Å². The molecule has 1 aliphatic heterocycles. The van der Waals surface area contributed by atoms with Gasteiger partial charge in [-0.25, -0.2) is 8.78 Å². The molecule has 2 nitrogen and oxygen atoms in total. The minimum atomic E-state index is -0.432. The lowest BCUT2D eigenvalue weighted by Crippen LogP contribution is -2.11. The summed E-state index contributed by atoms with van der Waals surface area (Å²) in [5, 5.41) is 0. The van der Waals surface area contributed by atoms with Crippen LogP contribution in [0, 0.1) is 11.6 Å². The van der Waals surface area contributed by atoms with Crippen molar-refractivity contribution < 1.29 is 18.3 Å². The molecule has 4 heteroatoms. The van der Waals surface area contributed by atoms with E-state index >= 15 is 8.78 Å². The first-order valence-corrected chi connectivity index (χ1v) is 12.6. The highest BCUT2D eigenvalue weighted by Crippen LogP contribution is 2.43. The third-order valence-electron chi connectivity index (χ3n) is 7.29. The molecular formula is C30H32F2O2. The van der Waals surface area contributed by atoms with Gasteiger partial charge in [0.15, 0.2) is 23.1 Å². The summed E-state index contributed by atoms with van der Waals surface area (Å²) >= 11 is 0. The molecule has 3 aromatic carbocycles. The lowest BCUT2D eigenvalue weighted by molar-refractivity contribution is 0.266. The predicted octanol–water partition coefficient (Wildman–Crippen LogP) is 8.49. The van der Waals surface area contributed by atoms with Crippen molar-refractivity contribution in [1.29, 1.82) is 0 Å². The van der Waals surface area contributed by atoms with Gasteiger partial charge in [0.2, 0.25) is 0 Å². The lowest BCUT2D eigenvalue weighted by Gasteiger charge is -2.23. The first kappa shape index (κ1) is 22.9. The fourth-order valence-electron chi connectivity index (χ4n) is 5.26. The molecule has 0 bridgehead atoms. The van der Waals surface area contributed by atoms with Crippen molar-refractivity contribution in [3.8, 4) is 22.6 Å². The van der Waals surface area contributed by atoms with E-state index in [9.17, 15) is 0 Å². The Bertz CT molecular complexity index is 1150. The molecule has 2 aliphatic rings. The molecule has 0 atom stereocenters. The second-order valence-corrected chi connectivity index (χ2v) is 9.58. The summed E-state index contributed by atoms with van der Waals surface area (Å²) in [6.07, 6.45) is 8.96. The van der Waals surface area contributed by atoms with Gasteiger partial charge in [0.1, 0.15) is 13.2 Å². The van der Waals surface area contributed by atoms with Crippen molar-refractivity contribution in [1.82, 2.24) is 0 Å². The molecule has 5 rings (SSSR count). The number of benzene rings is 3. The maximum Gasteiger partial charge on any atom is 0.172 e. The Balaban J connectivity index is 1.31. The average molecular weight is 463 g/mol. The van der Waals surface area contributed by atoms with Crippen LogP contribution in [0.5, 0.6) is 11.5 Å². The summed E-state index contributed by atoms with van der Waals surface area (Å²) in [6, 6.07) is 15.6. The molecule has 0 N–H and O–H groups in total. The SMILES string of the molecule is CCCCCc1ccc2c(c1F)OCc1c-2ccc(OCc2ccc(C3CCCC3)cc2)c1F. The van der Waals surface area contributed by atoms with Crippen LogP contribution >= 0.6 is 0 Å². The van der Waals surface area contributed by atoms with Crippen molar-refractivity contribution in [2.24, 2.45) is 0 Å². The maximum absolute atomic E-state index is 15.3. The molecule has 1 saturated carbocycles. The highest BCUT2D eigenvalue weighted by molar-refractivity contribution is 5.76. The zero-order valence-electron chi connectivity index (χ0n) is 19.8. The van der Waals surface area contributed by atoms with Gasteiger partial charge >= 0.3 is 0 Å². The van der Waals surface area contributed by atoms with Gasteiger partial charge < -0.3 is 9.47 Å². The van der Waals surface area contributed by atoms with E-state index in [1.54, 1.807) is 12.1 Å². The van der Waals surface area contributed by atoms with E-state index in [1.807, 2.05) is 12.1 Å². The standard InChI is InChI=1S/C30H32F2O2/c1-2-3-4-9-23-14-15-25-24-16-17-27(29(32)26(24)19-34-30(25)28(23)31)33-18-20-10-12-22(13-11-20)21-7-5-6-8-21/h10-17,21H,2-9,18-19H2,1H3. The minimum absolute atomic E-state index is 0.00319. The van der Waals surface area contributed by atoms with Gasteiger partial charge in [0.05, 0.1) is 0 Å². The van der Waals surface area contributed by atoms with Crippen LogP contribution in [0.4, 0.5) is 8.78 Å². The second kappa shape index (κ2) is 10.2. The zero-order valence-corrected chi connectivity index (χ0v) is 19.8. The third-order valence-corrected chi connectivity index (χ3v) is 7.29. The van der Waals surface area contributed by atoms with Crippen molar-refractivity contribution in [3.63, 3.8) is 0 Å². The molecule has 0 aromatic heterocycles. The Labute approximate surface area is 200 Å². The Morgan fingerprint density at radius 2 is 1.65 bits per heavy atom. The van der Waals surface area contributed by atoms with Crippen molar-refractivity contribution >= 4 is 0 Å². The molecule has 0 spiro atoms. The van der Waals surface area contributed by atoms with E-state index in [4.69, 9.17) is 9.47 Å². The Morgan fingerprint density at radius 1 is 0.882 bits per heavy atom. The second-order valence-electron chi connectivity index (χ2n) is 9.58. The molecule has 34 heavy (non-hydrogen) atoms. The highest BCUT2D eigenvalue weighted by atomic mass is 19.1. The molecule has 0 unspecified atom stereocenters. The van der Waals surface area contributed by atoms with E-state index in [1.165, 1.54) is 31.2 Å². The number of hydrogen-bond donors (Lipinski definition) is 0. The van der Waals surface area contributed by atoms with Crippen LogP contribution in [0.1, 0.15) is 80.0 Å². The Hall–Kier alpha value is -2.88. The summed E-state index contributed by atoms with van der Waals surface area (Å²) in [4.78, 5) is 0. The molecule has 0 radical (unpaired) electrons. The van der Waals surface area contributed by atoms with Gasteiger partial charge in [0, 0.05) is 11.1 Å². The molecular weight excluding hydrogens is 430 g/mol. The number of halogens is 2. The van der Waals surface area contributed by atoms with Crippen LogP contribution in [0.25, 0.3) is 11.1 Å². The van der Waals surface area contributed by atoms with Gasteiger partial charge in [-0.3, -0.25) is 0 Å². The quantitative estimate of drug-likeness (QED) is 0.312. The molecule has 1 aliphatic carbocycles. The summed E-state index contributed by atoms with van der Waals surface area (Å²) < 4.78 is 41.9. The fourth-order valence-corrected chi connectivity index (χ4v) is 5.26. The van der Waals surface area contributed by atoms with Crippen LogP contribution in [0.15, 0.2) is 48.5 Å². The van der Waals surface area contributed by atoms with Crippen LogP contribution < -0.4 is 9.47 Å². The summed E-state index contributed by atoms with van der Waals surface area (Å²) in [6.45, 7) is 2.42. The van der Waals surface area contributed by atoms with Gasteiger partial charge in [0.25, 0.3) is 0 Å². The number of rotatable bonds is 8. The lowest BCUT2D eigenvalue weighted by atomic mass is 9.93. The van der Waals surface area contributed by atoms with Gasteiger partial charge in [-0.1, -0.05) is 69.0 Å². The van der Waals surface area contributed by atoms with Gasteiger partial charge in [-0.15, -0.1) is 0 Å². The first-order valence-electron chi connectivity index (χ1n) is 12.6. The fraction of sp³-hybridized carbons (Fsp3) is 0.400. The van der Waals surface area contributed by atoms with E-state index < -0.39 is 5.82 Å². The van der Waals surface area contributed by atoms with Crippen LogP contribution in [0.3, 0.4) is 0 Å². The van der Waals surface area contributed by atoms with E-state index in [2.05, 4.69) is 31.2 Å².